The van der Waals surface area contributed by atoms with E-state index < -0.39 is 127 Å². The van der Waals surface area contributed by atoms with Gasteiger partial charge in [0.05, 0.1) is 13.2 Å². The average Bonchev–Trinajstić information content (AvgIpc) is 2.90. The molecule has 0 amide bonds. The number of ether oxygens (including phenoxy) is 4. The van der Waals surface area contributed by atoms with Crippen molar-refractivity contribution in [3.8, 4) is 0 Å². The van der Waals surface area contributed by atoms with Crippen LogP contribution >= 0.6 is 15.6 Å². The van der Waals surface area contributed by atoms with E-state index in [2.05, 4.69) is 14.8 Å². The topological polar surface area (TPSA) is 386 Å². The van der Waals surface area contributed by atoms with Crippen LogP contribution in [0.3, 0.4) is 0 Å². The first kappa shape index (κ1) is 36.1. The van der Waals surface area contributed by atoms with Gasteiger partial charge in [0.1, 0.15) is 79.4 Å². The highest BCUT2D eigenvalue weighted by molar-refractivity contribution is 7.45. The van der Waals surface area contributed by atoms with Crippen molar-refractivity contribution in [1.82, 2.24) is 0 Å². The highest BCUT2D eigenvalue weighted by Crippen LogP contribution is 2.36. The number of quaternary nitrogens is 1. The third kappa shape index (κ3) is 8.47. The molecule has 3 fully saturated rings. The second kappa shape index (κ2) is 14.0. The monoisotopic (exact) mass is 662 g/mol. The van der Waals surface area contributed by atoms with E-state index in [9.17, 15) is 64.9 Å². The lowest BCUT2D eigenvalue weighted by Crippen LogP contribution is -2.79. The number of hydrogen-bond donors (Lipinski definition) is 12. The molecule has 0 radical (unpaired) electrons. The van der Waals surface area contributed by atoms with Crippen molar-refractivity contribution in [2.45, 2.75) is 98.0 Å². The Morgan fingerprint density at radius 2 is 0.976 bits per heavy atom. The van der Waals surface area contributed by atoms with Gasteiger partial charge in [0.15, 0.2) is 12.3 Å². The second-order valence-corrected chi connectivity index (χ2v) is 12.3. The molecule has 42 heavy (non-hydrogen) atoms. The quantitative estimate of drug-likeness (QED) is 0.0966. The lowest BCUT2D eigenvalue weighted by atomic mass is 9.84. The van der Waals surface area contributed by atoms with Crippen molar-refractivity contribution in [1.29, 1.82) is 0 Å². The average molecular weight is 662 g/mol. The minimum absolute atomic E-state index is 1.07. The fourth-order valence-electron chi connectivity index (χ4n) is 4.58. The summed E-state index contributed by atoms with van der Waals surface area (Å²) >= 11 is 0. The van der Waals surface area contributed by atoms with Crippen LogP contribution in [0, 0.1) is 0 Å². The van der Waals surface area contributed by atoms with E-state index in [1.165, 1.54) is 0 Å². The number of phosphoric ester groups is 2. The van der Waals surface area contributed by atoms with Gasteiger partial charge in [-0.1, -0.05) is 0 Å². The third-order valence-electron chi connectivity index (χ3n) is 6.93. The standard InChI is InChI=1S/C18H35NO21P2/c19-5-7(21)15(39-18-14(28)8(22)6(20)3(37-18)1-35-41(29,30)31)4(2-36-42(32,33)34)38-17(5)40-16-12(26)10(24)9(23)11(25)13(16)27/h3-18,20-28H,1-2,19H2,(H2,29,30,31)(H2,32,33,34)/p-1/t3-,4-,5-,6+,7-,8+,9?,10-,11-,12-,13+,14-,15-,16?,17-,18-/m1/s1. The molecular formula is C18H34NO21P2-. The van der Waals surface area contributed by atoms with Crippen LogP contribution in [-0.4, -0.2) is 167 Å². The largest absolute Gasteiger partial charge is 0.756 e. The van der Waals surface area contributed by atoms with Crippen molar-refractivity contribution in [2.75, 3.05) is 13.2 Å². The van der Waals surface area contributed by atoms with Crippen molar-refractivity contribution in [3.05, 3.63) is 0 Å². The minimum Gasteiger partial charge on any atom is -0.756 e. The van der Waals surface area contributed by atoms with E-state index in [1.54, 1.807) is 0 Å². The fraction of sp³-hybridized carbons (Fsp3) is 1.00. The highest BCUT2D eigenvalue weighted by Gasteiger charge is 2.55. The summed E-state index contributed by atoms with van der Waals surface area (Å²) in [5.74, 6) is 0. The molecule has 22 nitrogen and oxygen atoms in total. The Morgan fingerprint density at radius 1 is 0.571 bits per heavy atom. The zero-order valence-corrected chi connectivity index (χ0v) is 23.0. The van der Waals surface area contributed by atoms with Gasteiger partial charge in [-0.15, -0.1) is 0 Å². The normalized spacial score (nSPS) is 49.7. The maximum Gasteiger partial charge on any atom is 0.265 e. The minimum atomic E-state index is -5.45. The molecule has 1 saturated carbocycles. The van der Waals surface area contributed by atoms with Crippen LogP contribution in [0.5, 0.6) is 0 Å². The van der Waals surface area contributed by atoms with E-state index in [0.717, 1.165) is 0 Å². The highest BCUT2D eigenvalue weighted by atomic mass is 31.2. The van der Waals surface area contributed by atoms with Crippen LogP contribution < -0.4 is 15.5 Å². The van der Waals surface area contributed by atoms with Gasteiger partial charge < -0.3 is 99.3 Å². The number of hydrogen-bond acceptors (Lipinski definition) is 19. The first-order valence-corrected chi connectivity index (χ1v) is 15.2. The van der Waals surface area contributed by atoms with Crippen molar-refractivity contribution in [2.24, 2.45) is 0 Å². The van der Waals surface area contributed by atoms with Crippen LogP contribution in [0.2, 0.25) is 0 Å². The molecule has 1 aliphatic carbocycles. The smallest absolute Gasteiger partial charge is 0.265 e. The van der Waals surface area contributed by atoms with Gasteiger partial charge in [-0.05, 0) is 0 Å². The predicted molar refractivity (Wildman–Crippen MR) is 119 cm³/mol. The number of aliphatic hydroxyl groups is 9. The van der Waals surface area contributed by atoms with Gasteiger partial charge in [0.2, 0.25) is 6.29 Å². The number of phosphoric acid groups is 2. The Morgan fingerprint density at radius 3 is 1.48 bits per heavy atom. The Bertz CT molecular complexity index is 967. The van der Waals surface area contributed by atoms with Crippen molar-refractivity contribution >= 4 is 15.6 Å². The lowest BCUT2D eigenvalue weighted by Gasteiger charge is -2.47. The zero-order chi connectivity index (χ0) is 31.9. The summed E-state index contributed by atoms with van der Waals surface area (Å²) in [6, 6.07) is -1.49. The summed E-state index contributed by atoms with van der Waals surface area (Å²) in [6.45, 7) is -2.20. The number of aliphatic hydroxyl groups excluding tert-OH is 9. The molecule has 2 heterocycles. The Kier molecular flexibility index (Phi) is 12.0. The molecule has 2 aliphatic heterocycles. The maximum atomic E-state index is 11.2. The summed E-state index contributed by atoms with van der Waals surface area (Å²) < 4.78 is 52.2. The zero-order valence-electron chi connectivity index (χ0n) is 21.3. The second-order valence-electron chi connectivity index (χ2n) is 9.90. The van der Waals surface area contributed by atoms with E-state index >= 15 is 0 Å². The molecule has 24 heteroatoms. The first-order valence-electron chi connectivity index (χ1n) is 12.2. The molecule has 2 saturated heterocycles. The molecule has 14 N–H and O–H groups in total. The fourth-order valence-corrected chi connectivity index (χ4v) is 5.25. The lowest BCUT2D eigenvalue weighted by molar-refractivity contribution is -0.511. The summed E-state index contributed by atoms with van der Waals surface area (Å²) in [4.78, 5) is 40.0. The van der Waals surface area contributed by atoms with E-state index in [-0.39, 0.29) is 0 Å². The molecule has 0 aromatic carbocycles. The Balaban J connectivity index is 1.82. The predicted octanol–water partition coefficient (Wildman–Crippen LogP) is -9.97. The Hall–Kier alpha value is -0.340. The van der Waals surface area contributed by atoms with Gasteiger partial charge in [0.25, 0.3) is 15.6 Å². The summed E-state index contributed by atoms with van der Waals surface area (Å²) in [5, 5.41) is 91.8. The van der Waals surface area contributed by atoms with Crippen molar-refractivity contribution < 1.29 is 108 Å². The molecule has 0 spiro atoms. The first-order chi connectivity index (χ1) is 19.2. The maximum absolute atomic E-state index is 11.2. The molecule has 18 atom stereocenters. The van der Waals surface area contributed by atoms with Crippen LogP contribution in [-0.2, 0) is 37.1 Å². The summed E-state index contributed by atoms with van der Waals surface area (Å²) in [7, 11) is -10.8. The van der Waals surface area contributed by atoms with E-state index in [1.807, 2.05) is 0 Å². The number of rotatable bonds is 10. The van der Waals surface area contributed by atoms with Crippen LogP contribution in [0.1, 0.15) is 0 Å². The molecule has 0 bridgehead atoms. The molecule has 0 aromatic heterocycles. The third-order valence-corrected chi connectivity index (χ3v) is 7.88. The molecule has 248 valence electrons. The van der Waals surface area contributed by atoms with Crippen LogP contribution in [0.15, 0.2) is 0 Å². The molecular weight excluding hydrogens is 628 g/mol. The molecule has 3 rings (SSSR count). The summed E-state index contributed by atoms with van der Waals surface area (Å²) in [6.07, 6.45) is -29.2. The summed E-state index contributed by atoms with van der Waals surface area (Å²) in [5.41, 5.74) is 3.60. The van der Waals surface area contributed by atoms with Crippen LogP contribution in [0.25, 0.3) is 0 Å². The van der Waals surface area contributed by atoms with Gasteiger partial charge in [-0.2, -0.15) is 0 Å². The van der Waals surface area contributed by atoms with Gasteiger partial charge in [-0.25, -0.2) is 0 Å². The van der Waals surface area contributed by atoms with Crippen molar-refractivity contribution in [3.63, 3.8) is 0 Å². The van der Waals surface area contributed by atoms with Gasteiger partial charge in [-0.3, -0.25) is 9.13 Å². The Labute approximate surface area is 235 Å². The van der Waals surface area contributed by atoms with E-state index in [0.29, 0.717) is 0 Å². The SMILES string of the molecule is [NH3+][C@H]1[C@@H](OC2[C@@H](O)[C@H](O)C(O)[C@@H](O)[C@H]2O)O[C@H](COP(=O)([O-])O)[C@@H](O[C@H]2O[C@H](COP(=O)([O-])O)[C@H](O)[C@H](O)[C@H]2O)[C@@H]1O. The van der Waals surface area contributed by atoms with Gasteiger partial charge >= 0.3 is 0 Å². The van der Waals surface area contributed by atoms with Crippen LogP contribution in [0.4, 0.5) is 0 Å². The van der Waals surface area contributed by atoms with Gasteiger partial charge in [0, 0.05) is 0 Å². The van der Waals surface area contributed by atoms with E-state index in [4.69, 9.17) is 28.7 Å². The molecule has 3 aliphatic rings. The molecule has 0 aromatic rings. The molecule has 4 unspecified atom stereocenters.